The molecule has 0 radical (unpaired) electrons. The highest BCUT2D eigenvalue weighted by Gasteiger charge is 2.35. The zero-order valence-corrected chi connectivity index (χ0v) is 24.3. The lowest BCUT2D eigenvalue weighted by Gasteiger charge is -2.34. The van der Waals surface area contributed by atoms with E-state index in [9.17, 15) is 14.7 Å². The first-order valence-corrected chi connectivity index (χ1v) is 14.4. The van der Waals surface area contributed by atoms with Crippen LogP contribution < -0.4 is 18.9 Å². The van der Waals surface area contributed by atoms with Gasteiger partial charge in [0.2, 0.25) is 0 Å². The fourth-order valence-electron chi connectivity index (χ4n) is 4.50. The highest BCUT2D eigenvalue weighted by atomic mass is 127. The number of aromatic hydroxyl groups is 1. The Morgan fingerprint density at radius 2 is 0.810 bits per heavy atom. The van der Waals surface area contributed by atoms with E-state index in [2.05, 4.69) is 22.6 Å². The Kier molecular flexibility index (Phi) is 9.03. The van der Waals surface area contributed by atoms with Crippen molar-refractivity contribution in [1.82, 2.24) is 0 Å². The van der Waals surface area contributed by atoms with Crippen LogP contribution >= 0.6 is 22.6 Å². The van der Waals surface area contributed by atoms with Gasteiger partial charge in [-0.1, -0.05) is 95.4 Å². The molecule has 0 atom stereocenters. The maximum atomic E-state index is 12.3. The Bertz CT molecular complexity index is 1520. The molecule has 5 aromatic rings. The number of carbonyl (C=O) groups excluding carboxylic acids is 2. The number of halogens is 1. The van der Waals surface area contributed by atoms with Gasteiger partial charge in [0.25, 0.3) is 0 Å². The van der Waals surface area contributed by atoms with Crippen molar-refractivity contribution in [1.29, 1.82) is 0 Å². The van der Waals surface area contributed by atoms with E-state index in [-0.39, 0.29) is 5.75 Å². The minimum absolute atomic E-state index is 0.155. The molecule has 0 spiro atoms. The third-order valence-corrected chi connectivity index (χ3v) is 7.69. The summed E-state index contributed by atoms with van der Waals surface area (Å²) in [5, 5.41) is 9.97. The summed E-state index contributed by atoms with van der Waals surface area (Å²) in [5.41, 5.74) is 2.12. The highest BCUT2D eigenvalue weighted by Crippen LogP contribution is 2.42. The molecule has 0 aliphatic heterocycles. The van der Waals surface area contributed by atoms with Gasteiger partial charge in [0.05, 0.1) is 5.41 Å². The molecule has 0 bridgehead atoms. The molecular weight excluding hydrogens is 647 g/mol. The quantitative estimate of drug-likeness (QED) is 0.0583. The van der Waals surface area contributed by atoms with Crippen LogP contribution in [0.15, 0.2) is 133 Å². The second kappa shape index (κ2) is 13.2. The van der Waals surface area contributed by atoms with Crippen LogP contribution in [0.25, 0.3) is 0 Å². The van der Waals surface area contributed by atoms with E-state index in [0.717, 1.165) is 16.7 Å². The minimum Gasteiger partial charge on any atom is -0.508 e. The molecule has 0 aliphatic rings. The molecular formula is C34H25IO7. The Morgan fingerprint density at radius 1 is 0.500 bits per heavy atom. The molecule has 8 heteroatoms. The van der Waals surface area contributed by atoms with Gasteiger partial charge in [0.15, 0.2) is 0 Å². The van der Waals surface area contributed by atoms with Crippen LogP contribution in [0.3, 0.4) is 0 Å². The summed E-state index contributed by atoms with van der Waals surface area (Å²) in [7, 11) is 0. The van der Waals surface area contributed by atoms with E-state index in [4.69, 9.17) is 18.9 Å². The predicted molar refractivity (Wildman–Crippen MR) is 166 cm³/mol. The average Bonchev–Trinajstić information content (AvgIpc) is 3.01. The molecule has 7 nitrogen and oxygen atoms in total. The smallest absolute Gasteiger partial charge is 0.508 e. The molecule has 0 amide bonds. The van der Waals surface area contributed by atoms with Gasteiger partial charge in [0, 0.05) is 4.43 Å². The van der Waals surface area contributed by atoms with Crippen molar-refractivity contribution in [3.63, 3.8) is 0 Å². The fraction of sp³-hybridized carbons (Fsp3) is 0.0588. The van der Waals surface area contributed by atoms with Gasteiger partial charge in [-0.3, -0.25) is 0 Å². The molecule has 0 saturated heterocycles. The summed E-state index contributed by atoms with van der Waals surface area (Å²) in [6, 6.07) is 38.8. The monoisotopic (exact) mass is 672 g/mol. The maximum Gasteiger partial charge on any atom is 0.519 e. The second-order valence-corrected chi connectivity index (χ2v) is 9.93. The Balaban J connectivity index is 1.40. The number of para-hydroxylation sites is 2. The zero-order valence-electron chi connectivity index (χ0n) is 22.2. The minimum atomic E-state index is -0.839. The number of phenols is 1. The van der Waals surface area contributed by atoms with E-state index in [1.807, 2.05) is 48.5 Å². The third kappa shape index (κ3) is 6.72. The van der Waals surface area contributed by atoms with Crippen molar-refractivity contribution in [3.8, 4) is 28.7 Å². The topological polar surface area (TPSA) is 91.3 Å². The number of carbonyl (C=O) groups is 2. The zero-order chi connectivity index (χ0) is 29.4. The van der Waals surface area contributed by atoms with Crippen LogP contribution in [0.1, 0.15) is 16.7 Å². The van der Waals surface area contributed by atoms with Crippen molar-refractivity contribution >= 4 is 34.9 Å². The standard InChI is InChI=1S/C34H25IO7/c35-23-34(24-11-17-27(36)18-12-24,25-13-19-30(20-14-25)41-32(37)39-28-7-3-1-4-8-28)26-15-21-31(22-16-26)42-33(38)40-29-9-5-2-6-10-29/h1-22,36H,23H2. The molecule has 0 aliphatic carbocycles. The van der Waals surface area contributed by atoms with Gasteiger partial charge < -0.3 is 24.1 Å². The molecule has 0 fully saturated rings. The summed E-state index contributed by atoms with van der Waals surface area (Å²) in [5.74, 6) is 1.58. The molecule has 1 N–H and O–H groups in total. The summed E-state index contributed by atoms with van der Waals surface area (Å²) >= 11 is 2.33. The first kappa shape index (κ1) is 28.7. The lowest BCUT2D eigenvalue weighted by Crippen LogP contribution is -2.31. The van der Waals surface area contributed by atoms with Crippen molar-refractivity contribution in [3.05, 3.63) is 150 Å². The van der Waals surface area contributed by atoms with Crippen LogP contribution in [0, 0.1) is 0 Å². The van der Waals surface area contributed by atoms with Gasteiger partial charge >= 0.3 is 12.3 Å². The normalized spacial score (nSPS) is 10.9. The molecule has 5 aromatic carbocycles. The SMILES string of the molecule is O=C(Oc1ccccc1)Oc1ccc(C(CI)(c2ccc(O)cc2)c2ccc(OC(=O)Oc3ccccc3)cc2)cc1. The summed E-state index contributed by atoms with van der Waals surface area (Å²) in [6.07, 6.45) is -1.68. The largest absolute Gasteiger partial charge is 0.519 e. The van der Waals surface area contributed by atoms with Gasteiger partial charge in [-0.05, 0) is 77.4 Å². The van der Waals surface area contributed by atoms with Crippen molar-refractivity contribution < 1.29 is 33.6 Å². The van der Waals surface area contributed by atoms with Crippen LogP contribution in [0.5, 0.6) is 28.7 Å². The average molecular weight is 672 g/mol. The number of benzene rings is 5. The van der Waals surface area contributed by atoms with Crippen molar-refractivity contribution in [2.45, 2.75) is 5.41 Å². The summed E-state index contributed by atoms with van der Waals surface area (Å²) in [4.78, 5) is 24.6. The lowest BCUT2D eigenvalue weighted by molar-refractivity contribution is 0.150. The fourth-order valence-corrected chi connectivity index (χ4v) is 5.82. The number of hydrogen-bond donors (Lipinski definition) is 1. The Morgan fingerprint density at radius 3 is 1.14 bits per heavy atom. The first-order valence-electron chi connectivity index (χ1n) is 12.9. The molecule has 42 heavy (non-hydrogen) atoms. The molecule has 0 aromatic heterocycles. The number of rotatable bonds is 8. The van der Waals surface area contributed by atoms with Gasteiger partial charge in [-0.25, -0.2) is 9.59 Å². The van der Waals surface area contributed by atoms with Crippen molar-refractivity contribution in [2.75, 3.05) is 4.43 Å². The molecule has 210 valence electrons. The van der Waals surface area contributed by atoms with E-state index < -0.39 is 17.7 Å². The first-order chi connectivity index (χ1) is 20.5. The Hall–Kier alpha value is -4.83. The number of alkyl halides is 1. The van der Waals surface area contributed by atoms with Crippen LogP contribution in [0.2, 0.25) is 0 Å². The second-order valence-electron chi connectivity index (χ2n) is 9.17. The summed E-state index contributed by atoms with van der Waals surface area (Å²) in [6.45, 7) is 0. The highest BCUT2D eigenvalue weighted by molar-refractivity contribution is 14.1. The Labute approximate surface area is 256 Å². The molecule has 0 saturated carbocycles. The lowest BCUT2D eigenvalue weighted by atomic mass is 9.71. The summed E-state index contributed by atoms with van der Waals surface area (Å²) < 4.78 is 21.9. The molecule has 5 rings (SSSR count). The number of phenolic OH excluding ortho intramolecular Hbond substituents is 1. The van der Waals surface area contributed by atoms with Crippen LogP contribution in [-0.2, 0) is 5.41 Å². The maximum absolute atomic E-state index is 12.3. The van der Waals surface area contributed by atoms with Gasteiger partial charge in [-0.2, -0.15) is 0 Å². The molecule has 0 unspecified atom stereocenters. The van der Waals surface area contributed by atoms with Gasteiger partial charge in [-0.15, -0.1) is 0 Å². The van der Waals surface area contributed by atoms with E-state index in [1.54, 1.807) is 84.9 Å². The van der Waals surface area contributed by atoms with E-state index in [0.29, 0.717) is 27.4 Å². The van der Waals surface area contributed by atoms with E-state index >= 15 is 0 Å². The third-order valence-electron chi connectivity index (χ3n) is 6.55. The van der Waals surface area contributed by atoms with Crippen molar-refractivity contribution in [2.24, 2.45) is 0 Å². The van der Waals surface area contributed by atoms with E-state index in [1.165, 1.54) is 0 Å². The van der Waals surface area contributed by atoms with Crippen LogP contribution in [-0.4, -0.2) is 21.8 Å². The number of hydrogen-bond acceptors (Lipinski definition) is 7. The molecule has 0 heterocycles. The predicted octanol–water partition coefficient (Wildman–Crippen LogP) is 8.32. The van der Waals surface area contributed by atoms with Crippen LogP contribution in [0.4, 0.5) is 9.59 Å². The number of ether oxygens (including phenoxy) is 4. The van der Waals surface area contributed by atoms with Gasteiger partial charge in [0.1, 0.15) is 28.7 Å².